The Morgan fingerprint density at radius 1 is 0.818 bits per heavy atom. The van der Waals surface area contributed by atoms with E-state index in [4.69, 9.17) is 0 Å². The molecule has 22 heavy (non-hydrogen) atoms. The van der Waals surface area contributed by atoms with E-state index in [0.29, 0.717) is 0 Å². The van der Waals surface area contributed by atoms with Crippen molar-refractivity contribution in [3.05, 3.63) is 56.7 Å². The standard InChI is InChI=1S/C7H5O2.3C4H9.Sn/c8-7(9)6-4-2-1-3-5-6;3*1-3-4-2;/h1-5H;3*1,3-4H2,2H3;. The number of carbonyl (C=O) groups excluding carboxylic acids is 1. The first-order valence-corrected chi connectivity index (χ1v) is 7.69. The first-order valence-electron chi connectivity index (χ1n) is 7.69. The van der Waals surface area contributed by atoms with Crippen molar-refractivity contribution in [2.24, 2.45) is 0 Å². The number of unbranched alkanes of at least 4 members (excludes halogenated alkanes) is 3. The number of carbonyl (C=O) groups is 1. The van der Waals surface area contributed by atoms with Crippen molar-refractivity contribution in [1.82, 2.24) is 0 Å². The second-order valence-electron chi connectivity index (χ2n) is 4.21. The van der Waals surface area contributed by atoms with Crippen LogP contribution in [0.1, 0.15) is 69.7 Å². The molecule has 3 heteroatoms. The molecule has 0 aromatic heterocycles. The van der Waals surface area contributed by atoms with Gasteiger partial charge in [-0.15, -0.1) is 0 Å². The molecule has 0 aliphatic heterocycles. The van der Waals surface area contributed by atoms with Gasteiger partial charge in [0.15, 0.2) is 0 Å². The van der Waals surface area contributed by atoms with Crippen molar-refractivity contribution in [2.45, 2.75) is 59.3 Å². The summed E-state index contributed by atoms with van der Waals surface area (Å²) in [4.78, 5) is 10.1. The van der Waals surface area contributed by atoms with Crippen molar-refractivity contribution in [1.29, 1.82) is 0 Å². The second-order valence-corrected chi connectivity index (χ2v) is 4.21. The molecular weight excluding hydrogens is 379 g/mol. The quantitative estimate of drug-likeness (QED) is 0.583. The average molecular weight is 411 g/mol. The molecule has 124 valence electrons. The van der Waals surface area contributed by atoms with Gasteiger partial charge in [0.2, 0.25) is 0 Å². The van der Waals surface area contributed by atoms with Crippen LogP contribution in [-0.4, -0.2) is 29.9 Å². The summed E-state index contributed by atoms with van der Waals surface area (Å²) in [5.74, 6) is -1.13. The summed E-state index contributed by atoms with van der Waals surface area (Å²) >= 11 is 0. The smallest absolute Gasteiger partial charge is 0.242 e. The Kier molecular flexibility index (Phi) is 38.4. The number of rotatable bonds is 4. The van der Waals surface area contributed by atoms with Crippen LogP contribution in [0.5, 0.6) is 0 Å². The third kappa shape index (κ3) is 31.7. The predicted octanol–water partition coefficient (Wildman–Crippen LogP) is 5.74. The maximum Gasteiger partial charge on any atom is 0.386 e. The SMILES string of the molecule is [CH2]CCC.[CH2]CCC.[CH2]CCC.[O]C(=O)c1ccccc1.[Sn]. The van der Waals surface area contributed by atoms with Crippen LogP contribution in [0.4, 0.5) is 0 Å². The van der Waals surface area contributed by atoms with Crippen LogP contribution in [0.15, 0.2) is 30.3 Å². The largest absolute Gasteiger partial charge is 0.386 e. The van der Waals surface area contributed by atoms with Crippen molar-refractivity contribution in [3.63, 3.8) is 0 Å². The van der Waals surface area contributed by atoms with Crippen molar-refractivity contribution < 1.29 is 9.90 Å². The Morgan fingerprint density at radius 3 is 1.23 bits per heavy atom. The zero-order valence-corrected chi connectivity index (χ0v) is 17.4. The van der Waals surface area contributed by atoms with E-state index < -0.39 is 5.97 Å². The fraction of sp³-hybridized carbons (Fsp3) is 0.474. The van der Waals surface area contributed by atoms with Crippen molar-refractivity contribution >= 4 is 29.9 Å². The third-order valence-electron chi connectivity index (χ3n) is 2.07. The van der Waals surface area contributed by atoms with Gasteiger partial charge in [0, 0.05) is 23.9 Å². The van der Waals surface area contributed by atoms with E-state index in [2.05, 4.69) is 41.5 Å². The molecule has 0 saturated carbocycles. The number of benzene rings is 1. The Bertz CT molecular complexity index is 271. The van der Waals surface area contributed by atoms with E-state index in [9.17, 15) is 9.90 Å². The molecular formula is C19H32O2Sn. The minimum atomic E-state index is -1.13. The summed E-state index contributed by atoms with van der Waals surface area (Å²) in [6.07, 6.45) is 6.83. The first kappa shape index (κ1) is 29.5. The predicted molar refractivity (Wildman–Crippen MR) is 98.0 cm³/mol. The molecule has 0 aliphatic carbocycles. The van der Waals surface area contributed by atoms with Gasteiger partial charge in [-0.3, -0.25) is 0 Å². The van der Waals surface area contributed by atoms with Crippen LogP contribution in [-0.2, 0) is 5.11 Å². The Balaban J connectivity index is -0.000000107. The molecule has 0 fully saturated rings. The molecule has 0 heterocycles. The second kappa shape index (κ2) is 28.6. The van der Waals surface area contributed by atoms with E-state index in [1.54, 1.807) is 18.2 Å². The first-order chi connectivity index (χ1) is 10.0. The number of hydrogen-bond acceptors (Lipinski definition) is 1. The minimum absolute atomic E-state index is 0. The van der Waals surface area contributed by atoms with Gasteiger partial charge in [-0.25, -0.2) is 9.90 Å². The van der Waals surface area contributed by atoms with E-state index in [0.717, 1.165) is 19.3 Å². The van der Waals surface area contributed by atoms with Gasteiger partial charge in [0.05, 0.1) is 5.56 Å². The van der Waals surface area contributed by atoms with Gasteiger partial charge < -0.3 is 0 Å². The normalized spacial score (nSPS) is 7.73. The fourth-order valence-electron chi connectivity index (χ4n) is 0.574. The summed E-state index contributed by atoms with van der Waals surface area (Å²) in [7, 11) is 0. The molecule has 1 aromatic carbocycles. The van der Waals surface area contributed by atoms with Crippen molar-refractivity contribution in [3.8, 4) is 0 Å². The van der Waals surface area contributed by atoms with E-state index in [1.165, 1.54) is 31.4 Å². The van der Waals surface area contributed by atoms with Crippen LogP contribution >= 0.6 is 0 Å². The topological polar surface area (TPSA) is 37.0 Å². The summed E-state index contributed by atoms with van der Waals surface area (Å²) in [6, 6.07) is 8.06. The molecule has 8 radical (unpaired) electrons. The molecule has 1 aromatic rings. The summed E-state index contributed by atoms with van der Waals surface area (Å²) in [5.41, 5.74) is 0.220. The molecule has 0 atom stereocenters. The van der Waals surface area contributed by atoms with E-state index in [1.807, 2.05) is 0 Å². The molecule has 0 bridgehead atoms. The molecule has 1 rings (SSSR count). The molecule has 0 amide bonds. The molecule has 0 saturated heterocycles. The van der Waals surface area contributed by atoms with Gasteiger partial charge >= 0.3 is 5.97 Å². The zero-order valence-electron chi connectivity index (χ0n) is 14.6. The Hall–Kier alpha value is -0.511. The molecule has 0 N–H and O–H groups in total. The Morgan fingerprint density at radius 2 is 1.09 bits per heavy atom. The van der Waals surface area contributed by atoms with E-state index in [-0.39, 0.29) is 29.5 Å². The minimum Gasteiger partial charge on any atom is -0.242 e. The van der Waals surface area contributed by atoms with Gasteiger partial charge in [0.1, 0.15) is 0 Å². The zero-order chi connectivity index (χ0) is 16.9. The van der Waals surface area contributed by atoms with Crippen LogP contribution in [0.25, 0.3) is 0 Å². The van der Waals surface area contributed by atoms with Gasteiger partial charge in [-0.05, 0) is 12.1 Å². The van der Waals surface area contributed by atoms with Crippen LogP contribution in [0, 0.1) is 20.8 Å². The Labute approximate surface area is 155 Å². The summed E-state index contributed by atoms with van der Waals surface area (Å²) in [6.45, 7) is 17.2. The van der Waals surface area contributed by atoms with Crippen LogP contribution < -0.4 is 0 Å². The molecule has 0 aliphatic rings. The fourth-order valence-corrected chi connectivity index (χ4v) is 0.574. The summed E-state index contributed by atoms with van der Waals surface area (Å²) in [5, 5.41) is 10.1. The van der Waals surface area contributed by atoms with Gasteiger partial charge in [-0.1, -0.05) is 98.3 Å². The molecule has 0 unspecified atom stereocenters. The maximum atomic E-state index is 10.1. The average Bonchev–Trinajstić information content (AvgIpc) is 2.56. The maximum absolute atomic E-state index is 10.1. The number of hydrogen-bond donors (Lipinski definition) is 0. The third-order valence-corrected chi connectivity index (χ3v) is 2.07. The summed E-state index contributed by atoms with van der Waals surface area (Å²) < 4.78 is 0. The monoisotopic (exact) mass is 412 g/mol. The molecule has 0 spiro atoms. The van der Waals surface area contributed by atoms with Crippen LogP contribution in [0.2, 0.25) is 0 Å². The van der Waals surface area contributed by atoms with E-state index >= 15 is 0 Å². The van der Waals surface area contributed by atoms with Crippen LogP contribution in [0.3, 0.4) is 0 Å². The molecule has 2 nitrogen and oxygen atoms in total. The van der Waals surface area contributed by atoms with Crippen molar-refractivity contribution in [2.75, 3.05) is 0 Å². The van der Waals surface area contributed by atoms with Gasteiger partial charge in [-0.2, -0.15) is 0 Å². The van der Waals surface area contributed by atoms with Gasteiger partial charge in [0.25, 0.3) is 0 Å².